The zero-order valence-corrected chi connectivity index (χ0v) is 18.2. The number of rotatable bonds is 5. The molecule has 32 heavy (non-hydrogen) atoms. The van der Waals surface area contributed by atoms with Gasteiger partial charge in [-0.3, -0.25) is 4.79 Å². The Labute approximate surface area is 186 Å². The molecule has 2 aromatic rings. The monoisotopic (exact) mass is 437 g/mol. The topological polar surface area (TPSA) is 106 Å². The second kappa shape index (κ2) is 8.42. The molecule has 0 aliphatic carbocycles. The first-order valence-electron chi connectivity index (χ1n) is 11.1. The van der Waals surface area contributed by atoms with E-state index in [4.69, 9.17) is 4.74 Å². The van der Waals surface area contributed by atoms with Crippen LogP contribution in [0, 0.1) is 12.3 Å². The molecule has 1 spiro atoms. The van der Waals surface area contributed by atoms with Crippen molar-refractivity contribution < 1.29 is 14.3 Å². The van der Waals surface area contributed by atoms with Crippen molar-refractivity contribution in [3.05, 3.63) is 41.5 Å². The number of piperidine rings is 2. The maximum Gasteiger partial charge on any atom is 0.333 e. The van der Waals surface area contributed by atoms with Crippen LogP contribution in [-0.2, 0) is 20.7 Å². The summed E-state index contributed by atoms with van der Waals surface area (Å²) in [5, 5.41) is 11.2. The summed E-state index contributed by atoms with van der Waals surface area (Å²) < 4.78 is 6.53. The predicted octanol–water partition coefficient (Wildman–Crippen LogP) is 1.05. The van der Waals surface area contributed by atoms with E-state index in [0.29, 0.717) is 18.7 Å². The number of tetrazole rings is 1. The summed E-state index contributed by atoms with van der Waals surface area (Å²) in [6.45, 7) is 5.91. The van der Waals surface area contributed by atoms with Crippen molar-refractivity contribution in [2.24, 2.45) is 5.41 Å². The SMILES string of the molecule is Cc1nc(-n2cnnn2)ccc1CCN1CCC2(CC1)CCN(C1=CC(=O)OC1)C(=O)C2. The second-order valence-corrected chi connectivity index (χ2v) is 8.98. The highest BCUT2D eigenvalue weighted by molar-refractivity contribution is 5.88. The number of nitrogens with zero attached hydrogens (tertiary/aromatic N) is 7. The van der Waals surface area contributed by atoms with Crippen LogP contribution in [0.4, 0.5) is 0 Å². The molecule has 2 aromatic heterocycles. The van der Waals surface area contributed by atoms with E-state index in [1.165, 1.54) is 18.0 Å². The summed E-state index contributed by atoms with van der Waals surface area (Å²) in [5.41, 5.74) is 3.03. The van der Waals surface area contributed by atoms with Crippen LogP contribution in [-0.4, -0.2) is 79.7 Å². The lowest BCUT2D eigenvalue weighted by Gasteiger charge is -2.46. The fourth-order valence-corrected chi connectivity index (χ4v) is 4.99. The Balaban J connectivity index is 1.13. The van der Waals surface area contributed by atoms with Crippen molar-refractivity contribution in [3.63, 3.8) is 0 Å². The van der Waals surface area contributed by atoms with Gasteiger partial charge in [0.25, 0.3) is 0 Å². The molecular formula is C22H27N7O3. The summed E-state index contributed by atoms with van der Waals surface area (Å²) in [4.78, 5) is 33.0. The Morgan fingerprint density at radius 2 is 1.94 bits per heavy atom. The summed E-state index contributed by atoms with van der Waals surface area (Å²) >= 11 is 0. The number of ether oxygens (including phenoxy) is 1. The molecule has 0 bridgehead atoms. The van der Waals surface area contributed by atoms with E-state index in [2.05, 4.69) is 31.5 Å². The van der Waals surface area contributed by atoms with Gasteiger partial charge in [-0.2, -0.15) is 4.68 Å². The van der Waals surface area contributed by atoms with Gasteiger partial charge in [0.05, 0.1) is 5.70 Å². The third-order valence-electron chi connectivity index (χ3n) is 7.06. The van der Waals surface area contributed by atoms with Gasteiger partial charge in [-0.05, 0) is 73.2 Å². The average Bonchev–Trinajstić information content (AvgIpc) is 3.46. The maximum atomic E-state index is 12.8. The number of carbonyl (C=O) groups is 2. The van der Waals surface area contributed by atoms with Crippen molar-refractivity contribution >= 4 is 11.9 Å². The molecule has 10 nitrogen and oxygen atoms in total. The van der Waals surface area contributed by atoms with Gasteiger partial charge in [0.2, 0.25) is 5.91 Å². The summed E-state index contributed by atoms with van der Waals surface area (Å²) in [5.74, 6) is 0.493. The molecule has 5 heterocycles. The third-order valence-corrected chi connectivity index (χ3v) is 7.06. The molecule has 0 aromatic carbocycles. The highest BCUT2D eigenvalue weighted by atomic mass is 16.5. The van der Waals surface area contributed by atoms with Crippen molar-refractivity contribution in [1.82, 2.24) is 35.0 Å². The average molecular weight is 438 g/mol. The Morgan fingerprint density at radius 3 is 2.59 bits per heavy atom. The molecule has 168 valence electrons. The van der Waals surface area contributed by atoms with Gasteiger partial charge in [0, 0.05) is 31.3 Å². The second-order valence-electron chi connectivity index (χ2n) is 8.98. The smallest absolute Gasteiger partial charge is 0.333 e. The molecular weight excluding hydrogens is 410 g/mol. The van der Waals surface area contributed by atoms with Crippen LogP contribution in [0.2, 0.25) is 0 Å². The van der Waals surface area contributed by atoms with Crippen LogP contribution in [0.15, 0.2) is 30.2 Å². The van der Waals surface area contributed by atoms with Gasteiger partial charge in [-0.1, -0.05) is 6.07 Å². The van der Waals surface area contributed by atoms with Crippen LogP contribution in [0.25, 0.3) is 5.82 Å². The van der Waals surface area contributed by atoms with Crippen molar-refractivity contribution in [2.45, 2.75) is 39.0 Å². The number of likely N-dealkylation sites (tertiary alicyclic amines) is 2. The molecule has 3 aliphatic rings. The zero-order chi connectivity index (χ0) is 22.1. The summed E-state index contributed by atoms with van der Waals surface area (Å²) in [6, 6.07) is 4.05. The Bertz CT molecular complexity index is 1040. The number of hydrogen-bond acceptors (Lipinski definition) is 8. The molecule has 0 atom stereocenters. The molecule has 0 unspecified atom stereocenters. The first kappa shape index (κ1) is 20.7. The number of cyclic esters (lactones) is 1. The molecule has 2 fully saturated rings. The lowest BCUT2D eigenvalue weighted by Crippen LogP contribution is -2.49. The van der Waals surface area contributed by atoms with E-state index in [-0.39, 0.29) is 23.9 Å². The van der Waals surface area contributed by atoms with Gasteiger partial charge in [0.15, 0.2) is 5.82 Å². The van der Waals surface area contributed by atoms with E-state index >= 15 is 0 Å². The molecule has 0 radical (unpaired) electrons. The number of carbonyl (C=O) groups excluding carboxylic acids is 2. The van der Waals surface area contributed by atoms with Crippen LogP contribution in [0.3, 0.4) is 0 Å². The minimum atomic E-state index is -0.350. The van der Waals surface area contributed by atoms with E-state index in [9.17, 15) is 9.59 Å². The van der Waals surface area contributed by atoms with E-state index in [1.807, 2.05) is 13.0 Å². The fourth-order valence-electron chi connectivity index (χ4n) is 4.99. The van der Waals surface area contributed by atoms with Crippen LogP contribution in [0.1, 0.15) is 36.9 Å². The maximum absolute atomic E-state index is 12.8. The minimum absolute atomic E-state index is 0.0963. The van der Waals surface area contributed by atoms with Gasteiger partial charge < -0.3 is 14.5 Å². The van der Waals surface area contributed by atoms with E-state index in [1.54, 1.807) is 9.58 Å². The molecule has 2 saturated heterocycles. The van der Waals surface area contributed by atoms with Crippen LogP contribution < -0.4 is 0 Å². The van der Waals surface area contributed by atoms with E-state index in [0.717, 1.165) is 56.8 Å². The Kier molecular flexibility index (Phi) is 5.46. The van der Waals surface area contributed by atoms with Crippen molar-refractivity contribution in [1.29, 1.82) is 0 Å². The number of esters is 1. The molecule has 1 amide bonds. The first-order chi connectivity index (χ1) is 15.5. The van der Waals surface area contributed by atoms with Crippen molar-refractivity contribution in [3.8, 4) is 5.82 Å². The van der Waals surface area contributed by atoms with Gasteiger partial charge >= 0.3 is 5.97 Å². The van der Waals surface area contributed by atoms with Crippen LogP contribution >= 0.6 is 0 Å². The Hall–Kier alpha value is -3.14. The number of aromatic nitrogens is 5. The quantitative estimate of drug-likeness (QED) is 0.639. The molecule has 0 N–H and O–H groups in total. The Morgan fingerprint density at radius 1 is 1.12 bits per heavy atom. The lowest BCUT2D eigenvalue weighted by atomic mass is 9.71. The number of hydrogen-bond donors (Lipinski definition) is 0. The summed E-state index contributed by atoms with van der Waals surface area (Å²) in [7, 11) is 0. The minimum Gasteiger partial charge on any atom is -0.456 e. The summed E-state index contributed by atoms with van der Waals surface area (Å²) in [6.07, 6.45) is 7.56. The first-order valence-corrected chi connectivity index (χ1v) is 11.1. The van der Waals surface area contributed by atoms with Crippen molar-refractivity contribution in [2.75, 3.05) is 32.8 Å². The third kappa shape index (κ3) is 4.14. The zero-order valence-electron chi connectivity index (χ0n) is 18.2. The molecule has 10 heteroatoms. The molecule has 5 rings (SSSR count). The molecule has 3 aliphatic heterocycles. The van der Waals surface area contributed by atoms with Gasteiger partial charge in [-0.25, -0.2) is 9.78 Å². The number of amides is 1. The molecule has 0 saturated carbocycles. The van der Waals surface area contributed by atoms with Crippen LogP contribution in [0.5, 0.6) is 0 Å². The normalized spacial score (nSPS) is 21.2. The highest BCUT2D eigenvalue weighted by Gasteiger charge is 2.42. The largest absolute Gasteiger partial charge is 0.456 e. The van der Waals surface area contributed by atoms with E-state index < -0.39 is 0 Å². The number of pyridine rings is 1. The highest BCUT2D eigenvalue weighted by Crippen LogP contribution is 2.42. The lowest BCUT2D eigenvalue weighted by molar-refractivity contribution is -0.139. The number of aryl methyl sites for hydroxylation is 1. The standard InChI is InChI=1S/C22H27N7O3/c1-16-17(2-3-19(24-16)29-15-23-25-26-29)4-8-27-9-5-22(6-10-27)7-11-28(20(30)13-22)18-12-21(31)32-14-18/h2-3,12,15H,4-11,13-14H2,1H3. The van der Waals surface area contributed by atoms with Gasteiger partial charge in [-0.15, -0.1) is 5.10 Å². The van der Waals surface area contributed by atoms with Gasteiger partial charge in [0.1, 0.15) is 12.9 Å². The fraction of sp³-hybridized carbons (Fsp3) is 0.545. The predicted molar refractivity (Wildman–Crippen MR) is 113 cm³/mol.